The molecule has 0 aliphatic rings. The molecule has 0 saturated heterocycles. The van der Waals surface area contributed by atoms with E-state index < -0.39 is 6.04 Å². The Morgan fingerprint density at radius 3 is 2.31 bits per heavy atom. The first-order chi connectivity index (χ1) is 14.0. The molecule has 2 aromatic carbocycles. The number of benzene rings is 2. The van der Waals surface area contributed by atoms with Gasteiger partial charge in [-0.25, -0.2) is 0 Å². The maximum atomic E-state index is 13.3. The summed E-state index contributed by atoms with van der Waals surface area (Å²) in [6.07, 6.45) is 2.85. The molecule has 2 rings (SSSR count). The van der Waals surface area contributed by atoms with Crippen LogP contribution in [0.1, 0.15) is 55.4 Å². The van der Waals surface area contributed by atoms with Crippen LogP contribution in [0, 0.1) is 13.8 Å². The second kappa shape index (κ2) is 11.4. The molecule has 0 heterocycles. The molecule has 4 heteroatoms. The molecule has 2 amide bonds. The zero-order valence-corrected chi connectivity index (χ0v) is 18.2. The van der Waals surface area contributed by atoms with E-state index in [9.17, 15) is 9.59 Å². The molecule has 0 aliphatic carbocycles. The van der Waals surface area contributed by atoms with Crippen LogP contribution in [0.15, 0.2) is 48.5 Å². The standard InChI is InChI=1S/C25H34N2O2/c1-5-7-15-26-25(29)23(6-2)27(18-21-11-9-8-10-12-21)24(28)17-22-14-13-19(3)20(4)16-22/h8-14,16,23H,5-7,15,17-18H2,1-4H3,(H,26,29). The molecule has 2 aromatic rings. The molecule has 1 N–H and O–H groups in total. The van der Waals surface area contributed by atoms with Crippen LogP contribution in [0.2, 0.25) is 0 Å². The summed E-state index contributed by atoms with van der Waals surface area (Å²) in [6.45, 7) is 9.27. The van der Waals surface area contributed by atoms with E-state index in [1.54, 1.807) is 4.90 Å². The maximum Gasteiger partial charge on any atom is 0.242 e. The minimum atomic E-state index is -0.467. The molecule has 4 nitrogen and oxygen atoms in total. The number of hydrogen-bond acceptors (Lipinski definition) is 2. The third kappa shape index (κ3) is 6.74. The highest BCUT2D eigenvalue weighted by Crippen LogP contribution is 2.16. The van der Waals surface area contributed by atoms with Crippen molar-refractivity contribution >= 4 is 11.8 Å². The van der Waals surface area contributed by atoms with E-state index in [1.807, 2.05) is 49.4 Å². The van der Waals surface area contributed by atoms with Crippen LogP contribution in [0.4, 0.5) is 0 Å². The first-order valence-corrected chi connectivity index (χ1v) is 10.6. The molecule has 156 valence electrons. The van der Waals surface area contributed by atoms with Gasteiger partial charge in [0.05, 0.1) is 6.42 Å². The van der Waals surface area contributed by atoms with Crippen molar-refractivity contribution < 1.29 is 9.59 Å². The van der Waals surface area contributed by atoms with Crippen molar-refractivity contribution in [3.05, 3.63) is 70.8 Å². The second-order valence-corrected chi connectivity index (χ2v) is 7.67. The summed E-state index contributed by atoms with van der Waals surface area (Å²) in [5, 5.41) is 3.00. The fourth-order valence-corrected chi connectivity index (χ4v) is 3.40. The van der Waals surface area contributed by atoms with Gasteiger partial charge in [-0.2, -0.15) is 0 Å². The third-order valence-corrected chi connectivity index (χ3v) is 5.34. The summed E-state index contributed by atoms with van der Waals surface area (Å²) in [4.78, 5) is 27.9. The van der Waals surface area contributed by atoms with Gasteiger partial charge < -0.3 is 10.2 Å². The maximum absolute atomic E-state index is 13.3. The van der Waals surface area contributed by atoms with E-state index in [1.165, 1.54) is 11.1 Å². The Balaban J connectivity index is 2.23. The Hall–Kier alpha value is -2.62. The quantitative estimate of drug-likeness (QED) is 0.600. The van der Waals surface area contributed by atoms with Gasteiger partial charge in [0.1, 0.15) is 6.04 Å². The zero-order valence-electron chi connectivity index (χ0n) is 18.2. The summed E-state index contributed by atoms with van der Waals surface area (Å²) in [5.74, 6) is -0.0834. The van der Waals surface area contributed by atoms with E-state index in [0.717, 1.165) is 24.0 Å². The van der Waals surface area contributed by atoms with E-state index in [0.29, 0.717) is 25.9 Å². The molecule has 0 bridgehead atoms. The normalized spacial score (nSPS) is 11.7. The molecule has 0 saturated carbocycles. The Kier molecular flexibility index (Phi) is 8.91. The smallest absolute Gasteiger partial charge is 0.242 e. The van der Waals surface area contributed by atoms with Crippen LogP contribution in [-0.2, 0) is 22.6 Å². The Morgan fingerprint density at radius 1 is 0.966 bits per heavy atom. The van der Waals surface area contributed by atoms with Gasteiger partial charge in [-0.3, -0.25) is 9.59 Å². The summed E-state index contributed by atoms with van der Waals surface area (Å²) < 4.78 is 0. The van der Waals surface area contributed by atoms with Crippen molar-refractivity contribution in [1.29, 1.82) is 0 Å². The largest absolute Gasteiger partial charge is 0.354 e. The molecule has 0 fully saturated rings. The van der Waals surface area contributed by atoms with Crippen molar-refractivity contribution in [3.8, 4) is 0 Å². The number of carbonyl (C=O) groups is 2. The number of carbonyl (C=O) groups excluding carboxylic acids is 2. The zero-order chi connectivity index (χ0) is 21.2. The van der Waals surface area contributed by atoms with Crippen molar-refractivity contribution in [2.24, 2.45) is 0 Å². The van der Waals surface area contributed by atoms with Crippen LogP contribution in [0.5, 0.6) is 0 Å². The van der Waals surface area contributed by atoms with Crippen molar-refractivity contribution in [3.63, 3.8) is 0 Å². The Bertz CT molecular complexity index is 802. The average Bonchev–Trinajstić information content (AvgIpc) is 2.71. The van der Waals surface area contributed by atoms with E-state index >= 15 is 0 Å². The van der Waals surface area contributed by atoms with Crippen LogP contribution in [0.25, 0.3) is 0 Å². The predicted molar refractivity (Wildman–Crippen MR) is 119 cm³/mol. The fraction of sp³-hybridized carbons (Fsp3) is 0.440. The van der Waals surface area contributed by atoms with Crippen LogP contribution >= 0.6 is 0 Å². The average molecular weight is 395 g/mol. The molecule has 1 unspecified atom stereocenters. The van der Waals surface area contributed by atoms with Gasteiger partial charge in [0.25, 0.3) is 0 Å². The summed E-state index contributed by atoms with van der Waals surface area (Å²) in [6, 6.07) is 15.5. The summed E-state index contributed by atoms with van der Waals surface area (Å²) >= 11 is 0. The highest BCUT2D eigenvalue weighted by Gasteiger charge is 2.28. The van der Waals surface area contributed by atoms with E-state index in [-0.39, 0.29) is 11.8 Å². The monoisotopic (exact) mass is 394 g/mol. The lowest BCUT2D eigenvalue weighted by molar-refractivity contribution is -0.140. The molecule has 0 spiro atoms. The second-order valence-electron chi connectivity index (χ2n) is 7.67. The lowest BCUT2D eigenvalue weighted by Gasteiger charge is -2.31. The SMILES string of the molecule is CCCCNC(=O)C(CC)N(Cc1ccccc1)C(=O)Cc1ccc(C)c(C)c1. The van der Waals surface area contributed by atoms with Gasteiger partial charge in [0.15, 0.2) is 0 Å². The summed E-state index contributed by atoms with van der Waals surface area (Å²) in [7, 11) is 0. The number of nitrogens with zero attached hydrogens (tertiary/aromatic N) is 1. The van der Waals surface area contributed by atoms with Gasteiger partial charge in [-0.05, 0) is 48.9 Å². The number of hydrogen-bond donors (Lipinski definition) is 1. The molecule has 29 heavy (non-hydrogen) atoms. The molecular formula is C25H34N2O2. The minimum Gasteiger partial charge on any atom is -0.354 e. The van der Waals surface area contributed by atoms with E-state index in [4.69, 9.17) is 0 Å². The number of rotatable bonds is 10. The highest BCUT2D eigenvalue weighted by molar-refractivity contribution is 5.88. The van der Waals surface area contributed by atoms with Gasteiger partial charge in [-0.1, -0.05) is 68.8 Å². The number of aryl methyl sites for hydroxylation is 2. The fourth-order valence-electron chi connectivity index (χ4n) is 3.40. The first-order valence-electron chi connectivity index (χ1n) is 10.6. The number of unbranched alkanes of at least 4 members (excludes halogenated alkanes) is 1. The van der Waals surface area contributed by atoms with Gasteiger partial charge >= 0.3 is 0 Å². The van der Waals surface area contributed by atoms with E-state index in [2.05, 4.69) is 32.2 Å². The molecule has 0 radical (unpaired) electrons. The molecular weight excluding hydrogens is 360 g/mol. The lowest BCUT2D eigenvalue weighted by Crippen LogP contribution is -2.49. The molecule has 1 atom stereocenters. The lowest BCUT2D eigenvalue weighted by atomic mass is 10.0. The topological polar surface area (TPSA) is 49.4 Å². The van der Waals surface area contributed by atoms with Crippen LogP contribution in [-0.4, -0.2) is 29.3 Å². The van der Waals surface area contributed by atoms with Crippen molar-refractivity contribution in [1.82, 2.24) is 10.2 Å². The third-order valence-electron chi connectivity index (χ3n) is 5.34. The van der Waals surface area contributed by atoms with Gasteiger partial charge in [0, 0.05) is 13.1 Å². The molecule has 0 aromatic heterocycles. The van der Waals surface area contributed by atoms with Crippen molar-refractivity contribution in [2.45, 2.75) is 66.0 Å². The number of nitrogens with one attached hydrogen (secondary N) is 1. The Labute approximate surface area is 175 Å². The van der Waals surface area contributed by atoms with Gasteiger partial charge in [-0.15, -0.1) is 0 Å². The van der Waals surface area contributed by atoms with Crippen LogP contribution in [0.3, 0.4) is 0 Å². The van der Waals surface area contributed by atoms with Crippen LogP contribution < -0.4 is 5.32 Å². The van der Waals surface area contributed by atoms with Crippen molar-refractivity contribution in [2.75, 3.05) is 6.54 Å². The molecule has 0 aliphatic heterocycles. The Morgan fingerprint density at radius 2 is 1.69 bits per heavy atom. The predicted octanol–water partition coefficient (Wildman–Crippen LogP) is 4.57. The highest BCUT2D eigenvalue weighted by atomic mass is 16.2. The van der Waals surface area contributed by atoms with Gasteiger partial charge in [0.2, 0.25) is 11.8 Å². The number of amides is 2. The summed E-state index contributed by atoms with van der Waals surface area (Å²) in [5.41, 5.74) is 4.40. The first kappa shape index (κ1) is 22.7. The minimum absolute atomic E-state index is 0.0189.